The Balaban J connectivity index is 1.39. The van der Waals surface area contributed by atoms with Crippen LogP contribution in [0.15, 0.2) is 158 Å². The van der Waals surface area contributed by atoms with E-state index in [0.29, 0.717) is 0 Å². The van der Waals surface area contributed by atoms with Gasteiger partial charge >= 0.3 is 0 Å². The highest BCUT2D eigenvalue weighted by molar-refractivity contribution is 7.85. The minimum Gasteiger partial charge on any atom is -0.309 e. The molecule has 0 N–H and O–H groups in total. The first-order valence-electron chi connectivity index (χ1n) is 15.0. The second kappa shape index (κ2) is 9.99. The van der Waals surface area contributed by atoms with Crippen LogP contribution >= 0.6 is 7.14 Å². The number of fused-ring (bicyclic) bond motifs is 9. The molecule has 9 aromatic rings. The van der Waals surface area contributed by atoms with Crippen LogP contribution in [0.3, 0.4) is 0 Å². The van der Waals surface area contributed by atoms with Crippen LogP contribution in [0.25, 0.3) is 60.5 Å². The van der Waals surface area contributed by atoms with Crippen LogP contribution in [0.4, 0.5) is 0 Å². The molecule has 212 valence electrons. The van der Waals surface area contributed by atoms with Crippen molar-refractivity contribution in [2.24, 2.45) is 0 Å². The van der Waals surface area contributed by atoms with E-state index in [1.54, 1.807) is 0 Å². The first kappa shape index (κ1) is 25.9. The van der Waals surface area contributed by atoms with Crippen molar-refractivity contribution < 1.29 is 4.57 Å². The van der Waals surface area contributed by atoms with E-state index in [-0.39, 0.29) is 0 Å². The highest BCUT2D eigenvalue weighted by Gasteiger charge is 2.31. The van der Waals surface area contributed by atoms with E-state index in [0.717, 1.165) is 76.4 Å². The molecule has 0 amide bonds. The Bertz CT molecular complexity index is 2630. The molecule has 6 aromatic carbocycles. The fourth-order valence-corrected chi connectivity index (χ4v) is 9.33. The highest BCUT2D eigenvalue weighted by atomic mass is 31.2. The Morgan fingerprint density at radius 2 is 1.13 bits per heavy atom. The van der Waals surface area contributed by atoms with Crippen molar-refractivity contribution in [1.29, 1.82) is 0 Å². The lowest BCUT2D eigenvalue weighted by molar-refractivity contribution is 0.592. The molecule has 1 atom stereocenters. The van der Waals surface area contributed by atoms with E-state index >= 15 is 4.57 Å². The minimum atomic E-state index is -3.30. The third-order valence-electron chi connectivity index (χ3n) is 8.80. The van der Waals surface area contributed by atoms with Gasteiger partial charge < -0.3 is 4.57 Å². The van der Waals surface area contributed by atoms with Crippen LogP contribution in [-0.2, 0) is 4.57 Å². The molecule has 0 bridgehead atoms. The predicted octanol–water partition coefficient (Wildman–Crippen LogP) is 8.65. The molecule has 5 heteroatoms. The molecule has 0 saturated heterocycles. The van der Waals surface area contributed by atoms with Gasteiger partial charge in [0.05, 0.1) is 27.6 Å². The Labute approximate surface area is 259 Å². The van der Waals surface area contributed by atoms with Gasteiger partial charge in [-0.05, 0) is 53.6 Å². The summed E-state index contributed by atoms with van der Waals surface area (Å²) in [6.07, 6.45) is 0. The molecule has 9 rings (SSSR count). The average Bonchev–Trinajstić information content (AvgIpc) is 3.51. The standard InChI is InChI=1S/C40H26N3OP/c44-45(30-16-5-2-6-17-30,31-18-11-15-28(24-31)27-12-3-1-4-13-27)32-22-23-33-38(26-32)43-37-21-10-9-20-36(37)42-40(43)34-25-29-14-7-8-19-35(29)41-39(33)34/h1-26H. The molecule has 3 aromatic heterocycles. The van der Waals surface area contributed by atoms with Gasteiger partial charge in [-0.25, -0.2) is 9.97 Å². The van der Waals surface area contributed by atoms with Gasteiger partial charge in [0.1, 0.15) is 5.65 Å². The van der Waals surface area contributed by atoms with Gasteiger partial charge in [-0.2, -0.15) is 0 Å². The fraction of sp³-hybridized carbons (Fsp3) is 0. The van der Waals surface area contributed by atoms with E-state index in [1.165, 1.54) is 0 Å². The first-order chi connectivity index (χ1) is 22.2. The summed E-state index contributed by atoms with van der Waals surface area (Å²) in [5.41, 5.74) is 7.64. The van der Waals surface area contributed by atoms with E-state index in [1.807, 2.05) is 103 Å². The van der Waals surface area contributed by atoms with E-state index in [9.17, 15) is 0 Å². The molecule has 0 aliphatic carbocycles. The molecule has 4 nitrogen and oxygen atoms in total. The smallest absolute Gasteiger partial charge is 0.171 e. The number of hydrogen-bond acceptors (Lipinski definition) is 3. The Morgan fingerprint density at radius 1 is 0.467 bits per heavy atom. The normalized spacial score (nSPS) is 13.2. The van der Waals surface area contributed by atoms with Gasteiger partial charge in [0.15, 0.2) is 7.14 Å². The second-order valence-corrected chi connectivity index (χ2v) is 14.2. The fourth-order valence-electron chi connectivity index (χ4n) is 6.64. The second-order valence-electron chi connectivity index (χ2n) is 11.4. The van der Waals surface area contributed by atoms with Crippen molar-refractivity contribution in [2.75, 3.05) is 0 Å². The van der Waals surface area contributed by atoms with Crippen LogP contribution in [0.2, 0.25) is 0 Å². The topological polar surface area (TPSA) is 47.3 Å². The van der Waals surface area contributed by atoms with Crippen molar-refractivity contribution in [3.8, 4) is 11.1 Å². The number of rotatable bonds is 4. The van der Waals surface area contributed by atoms with Crippen LogP contribution in [0.1, 0.15) is 0 Å². The van der Waals surface area contributed by atoms with Crippen LogP contribution in [-0.4, -0.2) is 14.4 Å². The molecular weight excluding hydrogens is 569 g/mol. The third kappa shape index (κ3) is 3.96. The summed E-state index contributed by atoms with van der Waals surface area (Å²) >= 11 is 0. The predicted molar refractivity (Wildman–Crippen MR) is 188 cm³/mol. The number of nitrogens with zero attached hydrogens (tertiary/aromatic N) is 3. The molecule has 0 radical (unpaired) electrons. The zero-order valence-corrected chi connectivity index (χ0v) is 25.1. The van der Waals surface area contributed by atoms with Crippen molar-refractivity contribution in [1.82, 2.24) is 14.4 Å². The van der Waals surface area contributed by atoms with E-state index in [4.69, 9.17) is 9.97 Å². The summed E-state index contributed by atoms with van der Waals surface area (Å²) < 4.78 is 18.0. The number of hydrogen-bond donors (Lipinski definition) is 0. The van der Waals surface area contributed by atoms with Gasteiger partial charge in [-0.1, -0.05) is 115 Å². The van der Waals surface area contributed by atoms with E-state index in [2.05, 4.69) is 59.0 Å². The molecule has 45 heavy (non-hydrogen) atoms. The summed E-state index contributed by atoms with van der Waals surface area (Å²) in [7, 11) is -3.30. The van der Waals surface area contributed by atoms with Crippen molar-refractivity contribution >= 4 is 72.4 Å². The zero-order valence-electron chi connectivity index (χ0n) is 24.2. The minimum absolute atomic E-state index is 0.769. The number of aromatic nitrogens is 3. The molecule has 0 fully saturated rings. The molecule has 0 saturated carbocycles. The zero-order chi connectivity index (χ0) is 30.0. The lowest BCUT2D eigenvalue weighted by Gasteiger charge is -2.22. The lowest BCUT2D eigenvalue weighted by atomic mass is 10.1. The molecule has 3 heterocycles. The van der Waals surface area contributed by atoms with Crippen LogP contribution in [0, 0.1) is 0 Å². The quantitative estimate of drug-likeness (QED) is 0.116. The summed E-state index contributed by atoms with van der Waals surface area (Å²) in [5.74, 6) is 0. The van der Waals surface area contributed by atoms with E-state index < -0.39 is 7.14 Å². The van der Waals surface area contributed by atoms with Gasteiger partial charge in [-0.15, -0.1) is 0 Å². The monoisotopic (exact) mass is 595 g/mol. The number of imidazole rings is 1. The van der Waals surface area contributed by atoms with Gasteiger partial charge in [0, 0.05) is 32.1 Å². The summed E-state index contributed by atoms with van der Waals surface area (Å²) in [6, 6.07) is 53.1. The molecule has 0 aliphatic rings. The Morgan fingerprint density at radius 3 is 1.98 bits per heavy atom. The number of benzene rings is 6. The molecular formula is C40H26N3OP. The Hall–Kier alpha value is -5.57. The Kier molecular flexibility index (Phi) is 5.74. The largest absolute Gasteiger partial charge is 0.309 e. The number of para-hydroxylation sites is 3. The maximum absolute atomic E-state index is 15.8. The average molecular weight is 596 g/mol. The molecule has 1 unspecified atom stereocenters. The maximum Gasteiger partial charge on any atom is 0.171 e. The number of pyridine rings is 2. The van der Waals surface area contributed by atoms with Crippen LogP contribution in [0.5, 0.6) is 0 Å². The summed E-state index contributed by atoms with van der Waals surface area (Å²) in [6.45, 7) is 0. The molecule has 0 spiro atoms. The van der Waals surface area contributed by atoms with Crippen LogP contribution < -0.4 is 15.9 Å². The summed E-state index contributed by atoms with van der Waals surface area (Å²) in [5, 5.41) is 5.42. The highest BCUT2D eigenvalue weighted by Crippen LogP contribution is 2.44. The van der Waals surface area contributed by atoms with Gasteiger partial charge in [0.2, 0.25) is 0 Å². The third-order valence-corrected chi connectivity index (χ3v) is 11.8. The van der Waals surface area contributed by atoms with Gasteiger partial charge in [-0.3, -0.25) is 4.40 Å². The maximum atomic E-state index is 15.8. The first-order valence-corrected chi connectivity index (χ1v) is 16.7. The lowest BCUT2D eigenvalue weighted by Crippen LogP contribution is -2.25. The van der Waals surface area contributed by atoms with Crippen molar-refractivity contribution in [3.63, 3.8) is 0 Å². The SMILES string of the molecule is O=P(c1ccccc1)(c1cccc(-c2ccccc2)c1)c1ccc2c3nc4ccccc4cc3c3nc4ccccc4n3c2c1. The van der Waals surface area contributed by atoms with Crippen molar-refractivity contribution in [2.45, 2.75) is 0 Å². The van der Waals surface area contributed by atoms with Gasteiger partial charge in [0.25, 0.3) is 0 Å². The van der Waals surface area contributed by atoms with Crippen molar-refractivity contribution in [3.05, 3.63) is 158 Å². The summed E-state index contributed by atoms with van der Waals surface area (Å²) in [4.78, 5) is 10.3. The molecule has 0 aliphatic heterocycles.